The summed E-state index contributed by atoms with van der Waals surface area (Å²) in [6.45, 7) is 1.75. The van der Waals surface area contributed by atoms with Crippen molar-refractivity contribution in [3.8, 4) is 0 Å². The van der Waals surface area contributed by atoms with E-state index in [9.17, 15) is 14.0 Å². The highest BCUT2D eigenvalue weighted by Crippen LogP contribution is 2.24. The molecule has 2 amide bonds. The lowest BCUT2D eigenvalue weighted by atomic mass is 10.1. The summed E-state index contributed by atoms with van der Waals surface area (Å²) < 4.78 is 19.3. The Morgan fingerprint density at radius 2 is 2.18 bits per heavy atom. The molecule has 4 rings (SSSR count). The standard InChI is InChI=1S/C20H18FN3O3S/c1-11-22-15-7-6-13(9-17(15)27-11)23-19(25)16-10-28-18(20(26)24-16)8-12-4-2-3-5-14(12)21/h2-7,9,16,18H,8,10H2,1H3,(H,23,25)(H,24,26). The fourth-order valence-corrected chi connectivity index (χ4v) is 4.27. The number of halogens is 1. The van der Waals surface area contributed by atoms with Crippen LogP contribution in [0, 0.1) is 12.7 Å². The molecule has 0 aliphatic carbocycles. The molecule has 1 saturated heterocycles. The van der Waals surface area contributed by atoms with E-state index in [0.29, 0.717) is 40.4 Å². The molecule has 3 aromatic rings. The Kier molecular flexibility index (Phi) is 5.04. The molecular formula is C20H18FN3O3S. The van der Waals surface area contributed by atoms with E-state index in [0.717, 1.165) is 0 Å². The van der Waals surface area contributed by atoms with Crippen LogP contribution in [-0.2, 0) is 16.0 Å². The first kappa shape index (κ1) is 18.5. The minimum absolute atomic E-state index is 0.263. The van der Waals surface area contributed by atoms with Gasteiger partial charge in [-0.15, -0.1) is 11.8 Å². The van der Waals surface area contributed by atoms with E-state index < -0.39 is 11.3 Å². The number of hydrogen-bond acceptors (Lipinski definition) is 5. The van der Waals surface area contributed by atoms with Gasteiger partial charge in [-0.25, -0.2) is 9.37 Å². The number of thioether (sulfide) groups is 1. The van der Waals surface area contributed by atoms with E-state index in [2.05, 4.69) is 15.6 Å². The minimum atomic E-state index is -0.651. The van der Waals surface area contributed by atoms with Gasteiger partial charge in [0.05, 0.1) is 5.25 Å². The number of carbonyl (C=O) groups excluding carboxylic acids is 2. The smallest absolute Gasteiger partial charge is 0.247 e. The van der Waals surface area contributed by atoms with E-state index in [1.165, 1.54) is 17.8 Å². The number of nitrogens with one attached hydrogen (secondary N) is 2. The number of amides is 2. The second kappa shape index (κ2) is 7.63. The average Bonchev–Trinajstić information content (AvgIpc) is 3.04. The first-order valence-electron chi connectivity index (χ1n) is 8.83. The van der Waals surface area contributed by atoms with Crippen LogP contribution in [0.15, 0.2) is 46.9 Å². The Bertz CT molecular complexity index is 1050. The van der Waals surface area contributed by atoms with Crippen LogP contribution >= 0.6 is 11.8 Å². The van der Waals surface area contributed by atoms with Gasteiger partial charge in [0.25, 0.3) is 0 Å². The van der Waals surface area contributed by atoms with Crippen molar-refractivity contribution in [2.24, 2.45) is 0 Å². The molecule has 28 heavy (non-hydrogen) atoms. The third kappa shape index (κ3) is 3.87. The van der Waals surface area contributed by atoms with Gasteiger partial charge in [0, 0.05) is 24.4 Å². The monoisotopic (exact) mass is 399 g/mol. The quantitative estimate of drug-likeness (QED) is 0.704. The van der Waals surface area contributed by atoms with Crippen molar-refractivity contribution in [1.82, 2.24) is 10.3 Å². The number of fused-ring (bicyclic) bond motifs is 1. The fourth-order valence-electron chi connectivity index (χ4n) is 3.10. The number of nitrogens with zero attached hydrogens (tertiary/aromatic N) is 1. The van der Waals surface area contributed by atoms with E-state index in [-0.39, 0.29) is 17.6 Å². The van der Waals surface area contributed by atoms with Crippen LogP contribution in [0.5, 0.6) is 0 Å². The van der Waals surface area contributed by atoms with Crippen LogP contribution in [0.3, 0.4) is 0 Å². The summed E-state index contributed by atoms with van der Waals surface area (Å²) in [6, 6.07) is 11.0. The molecule has 0 saturated carbocycles. The van der Waals surface area contributed by atoms with Gasteiger partial charge in [-0.2, -0.15) is 0 Å². The Morgan fingerprint density at radius 1 is 1.36 bits per heavy atom. The zero-order valence-corrected chi connectivity index (χ0v) is 15.9. The summed E-state index contributed by atoms with van der Waals surface area (Å²) in [5, 5.41) is 5.11. The van der Waals surface area contributed by atoms with E-state index in [1.54, 1.807) is 43.3 Å². The Hall–Kier alpha value is -2.87. The summed E-state index contributed by atoms with van der Waals surface area (Å²) in [6.07, 6.45) is 0.291. The molecular weight excluding hydrogens is 381 g/mol. The highest BCUT2D eigenvalue weighted by atomic mass is 32.2. The van der Waals surface area contributed by atoms with Crippen LogP contribution in [0.4, 0.5) is 10.1 Å². The van der Waals surface area contributed by atoms with E-state index in [1.807, 2.05) is 0 Å². The van der Waals surface area contributed by atoms with E-state index in [4.69, 9.17) is 4.42 Å². The molecule has 144 valence electrons. The van der Waals surface area contributed by atoms with Gasteiger partial charge in [0.15, 0.2) is 11.5 Å². The summed E-state index contributed by atoms with van der Waals surface area (Å²) in [4.78, 5) is 29.1. The molecule has 2 aromatic carbocycles. The predicted molar refractivity (Wildman–Crippen MR) is 106 cm³/mol. The summed E-state index contributed by atoms with van der Waals surface area (Å²) in [5.74, 6) is 0.0752. The van der Waals surface area contributed by atoms with Gasteiger partial charge >= 0.3 is 0 Å². The summed E-state index contributed by atoms with van der Waals surface area (Å²) >= 11 is 1.36. The molecule has 6 nitrogen and oxygen atoms in total. The molecule has 2 heterocycles. The average molecular weight is 399 g/mol. The van der Waals surface area contributed by atoms with Crippen molar-refractivity contribution < 1.29 is 18.4 Å². The Balaban J connectivity index is 1.38. The zero-order chi connectivity index (χ0) is 19.7. The van der Waals surface area contributed by atoms with Crippen molar-refractivity contribution in [1.29, 1.82) is 0 Å². The number of carbonyl (C=O) groups is 2. The van der Waals surface area contributed by atoms with Gasteiger partial charge in [-0.05, 0) is 30.2 Å². The maximum absolute atomic E-state index is 13.8. The molecule has 1 aromatic heterocycles. The van der Waals surface area contributed by atoms with Gasteiger partial charge < -0.3 is 15.1 Å². The van der Waals surface area contributed by atoms with E-state index >= 15 is 0 Å². The third-order valence-corrected chi connectivity index (χ3v) is 5.82. The molecule has 0 radical (unpaired) electrons. The summed E-state index contributed by atoms with van der Waals surface area (Å²) in [5.41, 5.74) is 2.37. The molecule has 1 aliphatic rings. The minimum Gasteiger partial charge on any atom is -0.441 e. The molecule has 0 bridgehead atoms. The van der Waals surface area contributed by atoms with Crippen LogP contribution in [0.25, 0.3) is 11.1 Å². The highest BCUT2D eigenvalue weighted by molar-refractivity contribution is 8.00. The van der Waals surface area contributed by atoms with Crippen LogP contribution < -0.4 is 10.6 Å². The van der Waals surface area contributed by atoms with Gasteiger partial charge in [0.2, 0.25) is 11.8 Å². The number of rotatable bonds is 4. The lowest BCUT2D eigenvalue weighted by Crippen LogP contribution is -2.52. The summed E-state index contributed by atoms with van der Waals surface area (Å²) in [7, 11) is 0. The third-order valence-electron chi connectivity index (χ3n) is 4.52. The van der Waals surface area contributed by atoms with Crippen molar-refractivity contribution in [3.05, 3.63) is 59.7 Å². The number of oxazole rings is 1. The number of benzene rings is 2. The van der Waals surface area contributed by atoms with Gasteiger partial charge in [0.1, 0.15) is 17.4 Å². The molecule has 2 N–H and O–H groups in total. The number of anilines is 1. The normalized spacial score (nSPS) is 19.4. The molecule has 2 unspecified atom stereocenters. The van der Waals surface area contributed by atoms with Gasteiger partial charge in [-0.3, -0.25) is 9.59 Å². The largest absolute Gasteiger partial charge is 0.441 e. The second-order valence-corrected chi connectivity index (χ2v) is 7.82. The Labute approximate surface area is 164 Å². The zero-order valence-electron chi connectivity index (χ0n) is 15.1. The molecule has 1 aliphatic heterocycles. The number of hydrogen-bond donors (Lipinski definition) is 2. The van der Waals surface area contributed by atoms with Crippen LogP contribution in [-0.4, -0.2) is 33.8 Å². The maximum Gasteiger partial charge on any atom is 0.247 e. The molecule has 2 atom stereocenters. The SMILES string of the molecule is Cc1nc2ccc(NC(=O)C3CSC(Cc4ccccc4F)C(=O)N3)cc2o1. The number of aryl methyl sites for hydroxylation is 1. The van der Waals surface area contributed by atoms with Crippen molar-refractivity contribution in [3.63, 3.8) is 0 Å². The van der Waals surface area contributed by atoms with Crippen molar-refractivity contribution in [2.45, 2.75) is 24.6 Å². The first-order chi connectivity index (χ1) is 13.5. The highest BCUT2D eigenvalue weighted by Gasteiger charge is 2.32. The van der Waals surface area contributed by atoms with Crippen molar-refractivity contribution in [2.75, 3.05) is 11.1 Å². The maximum atomic E-state index is 13.8. The predicted octanol–water partition coefficient (Wildman–Crippen LogP) is 3.06. The number of aromatic nitrogens is 1. The lowest BCUT2D eigenvalue weighted by molar-refractivity contribution is -0.126. The molecule has 1 fully saturated rings. The molecule has 0 spiro atoms. The second-order valence-electron chi connectivity index (χ2n) is 6.58. The topological polar surface area (TPSA) is 84.2 Å². The van der Waals surface area contributed by atoms with Gasteiger partial charge in [-0.1, -0.05) is 18.2 Å². The lowest BCUT2D eigenvalue weighted by Gasteiger charge is -2.28. The van der Waals surface area contributed by atoms with Crippen LogP contribution in [0.1, 0.15) is 11.5 Å². The van der Waals surface area contributed by atoms with Crippen LogP contribution in [0.2, 0.25) is 0 Å². The molecule has 8 heteroatoms. The Morgan fingerprint density at radius 3 is 2.96 bits per heavy atom. The fraction of sp³-hybridized carbons (Fsp3) is 0.250. The van der Waals surface area contributed by atoms with Crippen molar-refractivity contribution >= 4 is 40.4 Å². The first-order valence-corrected chi connectivity index (χ1v) is 9.88.